The van der Waals surface area contributed by atoms with Gasteiger partial charge in [-0.3, -0.25) is 14.9 Å². The van der Waals surface area contributed by atoms with Crippen LogP contribution in [0.5, 0.6) is 5.75 Å². The van der Waals surface area contributed by atoms with E-state index in [0.29, 0.717) is 0 Å². The standard InChI is InChI=1S/C19H22F2N2O5/c1-19(2,3)28-18(26)23-8-11(9-23)27-10-6-13(20)16(14(21)7-10)12-4-5-15(24)22-17(12)25/h6-7,11-12H,4-5,8-9H2,1-3H3,(H,22,24,25)/t12-/m0/s1. The summed E-state index contributed by atoms with van der Waals surface area (Å²) in [4.78, 5) is 36.4. The van der Waals surface area contributed by atoms with Crippen molar-refractivity contribution in [3.8, 4) is 5.75 Å². The number of amides is 3. The fraction of sp³-hybridized carbons (Fsp3) is 0.526. The van der Waals surface area contributed by atoms with E-state index in [1.54, 1.807) is 20.8 Å². The molecule has 2 fully saturated rings. The Kier molecular flexibility index (Phi) is 5.27. The van der Waals surface area contributed by atoms with Gasteiger partial charge in [-0.25, -0.2) is 13.6 Å². The highest BCUT2D eigenvalue weighted by atomic mass is 19.1. The van der Waals surface area contributed by atoms with E-state index in [-0.39, 0.29) is 37.2 Å². The lowest BCUT2D eigenvalue weighted by Gasteiger charge is -2.39. The van der Waals surface area contributed by atoms with Crippen LogP contribution in [0.25, 0.3) is 0 Å². The van der Waals surface area contributed by atoms with E-state index >= 15 is 0 Å². The number of nitrogens with zero attached hydrogens (tertiary/aromatic N) is 1. The average Bonchev–Trinajstić information content (AvgIpc) is 2.50. The summed E-state index contributed by atoms with van der Waals surface area (Å²) in [6.07, 6.45) is -0.812. The maximum Gasteiger partial charge on any atom is 0.410 e. The van der Waals surface area contributed by atoms with Crippen molar-refractivity contribution in [3.63, 3.8) is 0 Å². The largest absolute Gasteiger partial charge is 0.487 e. The first-order valence-corrected chi connectivity index (χ1v) is 9.00. The maximum atomic E-state index is 14.5. The molecular weight excluding hydrogens is 374 g/mol. The zero-order valence-electron chi connectivity index (χ0n) is 15.9. The molecular formula is C19H22F2N2O5. The van der Waals surface area contributed by atoms with Crippen LogP contribution >= 0.6 is 0 Å². The van der Waals surface area contributed by atoms with Gasteiger partial charge in [-0.05, 0) is 27.2 Å². The van der Waals surface area contributed by atoms with E-state index in [9.17, 15) is 23.2 Å². The summed E-state index contributed by atoms with van der Waals surface area (Å²) in [7, 11) is 0. The third-order valence-electron chi connectivity index (χ3n) is 4.44. The molecule has 0 aliphatic carbocycles. The summed E-state index contributed by atoms with van der Waals surface area (Å²) < 4.78 is 39.7. The fourth-order valence-electron chi connectivity index (χ4n) is 3.11. The van der Waals surface area contributed by atoms with Gasteiger partial charge in [-0.15, -0.1) is 0 Å². The zero-order chi connectivity index (χ0) is 20.6. The lowest BCUT2D eigenvalue weighted by Crippen LogP contribution is -2.57. The molecule has 3 amide bonds. The second kappa shape index (κ2) is 7.37. The van der Waals surface area contributed by atoms with Crippen molar-refractivity contribution in [3.05, 3.63) is 29.3 Å². The highest BCUT2D eigenvalue weighted by molar-refractivity contribution is 6.01. The Balaban J connectivity index is 1.62. The number of benzene rings is 1. The Morgan fingerprint density at radius 1 is 1.18 bits per heavy atom. The SMILES string of the molecule is CC(C)(C)OC(=O)N1CC(Oc2cc(F)c([C@@H]3CCC(=O)NC3=O)c(F)c2)C1. The van der Waals surface area contributed by atoms with Crippen molar-refractivity contribution < 1.29 is 32.6 Å². The van der Waals surface area contributed by atoms with Crippen LogP contribution in [0.15, 0.2) is 12.1 Å². The van der Waals surface area contributed by atoms with Gasteiger partial charge in [0.05, 0.1) is 19.0 Å². The lowest BCUT2D eigenvalue weighted by atomic mass is 9.89. The molecule has 2 aliphatic rings. The van der Waals surface area contributed by atoms with E-state index < -0.39 is 47.2 Å². The summed E-state index contributed by atoms with van der Waals surface area (Å²) in [5, 5.41) is 2.09. The molecule has 1 aromatic carbocycles. The van der Waals surface area contributed by atoms with E-state index in [4.69, 9.17) is 9.47 Å². The van der Waals surface area contributed by atoms with Crippen molar-refractivity contribution in [2.45, 2.75) is 51.2 Å². The Bertz CT molecular complexity index is 792. The molecule has 0 aromatic heterocycles. The molecule has 1 N–H and O–H groups in total. The van der Waals surface area contributed by atoms with Crippen LogP contribution < -0.4 is 10.1 Å². The second-order valence-electron chi connectivity index (χ2n) is 7.93. The monoisotopic (exact) mass is 396 g/mol. The van der Waals surface area contributed by atoms with Crippen LogP contribution in [-0.4, -0.2) is 47.6 Å². The minimum Gasteiger partial charge on any atom is -0.487 e. The van der Waals surface area contributed by atoms with Crippen LogP contribution in [0.4, 0.5) is 13.6 Å². The predicted octanol–water partition coefficient (Wildman–Crippen LogP) is 2.48. The number of hydrogen-bond donors (Lipinski definition) is 1. The first-order valence-electron chi connectivity index (χ1n) is 9.00. The van der Waals surface area contributed by atoms with E-state index in [1.807, 2.05) is 0 Å². The predicted molar refractivity (Wildman–Crippen MR) is 93.7 cm³/mol. The van der Waals surface area contributed by atoms with Gasteiger partial charge in [0.1, 0.15) is 29.1 Å². The summed E-state index contributed by atoms with van der Waals surface area (Å²) >= 11 is 0. The van der Waals surface area contributed by atoms with Gasteiger partial charge in [-0.2, -0.15) is 0 Å². The second-order valence-corrected chi connectivity index (χ2v) is 7.93. The molecule has 0 spiro atoms. The van der Waals surface area contributed by atoms with Gasteiger partial charge < -0.3 is 14.4 Å². The number of carbonyl (C=O) groups is 3. The van der Waals surface area contributed by atoms with Crippen LogP contribution in [0.2, 0.25) is 0 Å². The fourth-order valence-corrected chi connectivity index (χ4v) is 3.11. The molecule has 3 rings (SSSR count). The number of hydrogen-bond acceptors (Lipinski definition) is 5. The quantitative estimate of drug-likeness (QED) is 0.794. The molecule has 2 heterocycles. The van der Waals surface area contributed by atoms with Crippen molar-refractivity contribution in [1.29, 1.82) is 0 Å². The van der Waals surface area contributed by atoms with Crippen molar-refractivity contribution in [1.82, 2.24) is 10.2 Å². The van der Waals surface area contributed by atoms with Crippen molar-refractivity contribution >= 4 is 17.9 Å². The molecule has 1 atom stereocenters. The highest BCUT2D eigenvalue weighted by Crippen LogP contribution is 2.32. The van der Waals surface area contributed by atoms with Crippen LogP contribution in [0.3, 0.4) is 0 Å². The number of ether oxygens (including phenoxy) is 2. The van der Waals surface area contributed by atoms with E-state index in [0.717, 1.165) is 12.1 Å². The number of nitrogens with one attached hydrogen (secondary N) is 1. The van der Waals surface area contributed by atoms with Crippen molar-refractivity contribution in [2.24, 2.45) is 0 Å². The van der Waals surface area contributed by atoms with Gasteiger partial charge in [0.2, 0.25) is 11.8 Å². The molecule has 1 aromatic rings. The summed E-state index contributed by atoms with van der Waals surface area (Å²) in [5.41, 5.74) is -0.984. The first-order chi connectivity index (χ1) is 13.0. The summed E-state index contributed by atoms with van der Waals surface area (Å²) in [5.74, 6) is -4.07. The maximum absolute atomic E-state index is 14.5. The van der Waals surface area contributed by atoms with E-state index in [2.05, 4.69) is 5.32 Å². The van der Waals surface area contributed by atoms with Crippen LogP contribution in [0, 0.1) is 11.6 Å². The molecule has 9 heteroatoms. The minimum absolute atomic E-state index is 0.0239. The molecule has 0 radical (unpaired) electrons. The summed E-state index contributed by atoms with van der Waals surface area (Å²) in [6, 6.07) is 2.02. The first kappa shape index (κ1) is 20.0. The molecule has 28 heavy (non-hydrogen) atoms. The molecule has 0 unspecified atom stereocenters. The normalized spacial score (nSPS) is 20.5. The van der Waals surface area contributed by atoms with Crippen LogP contribution in [-0.2, 0) is 14.3 Å². The third kappa shape index (κ3) is 4.40. The van der Waals surface area contributed by atoms with Gasteiger partial charge in [0, 0.05) is 24.1 Å². The number of halogens is 2. The Morgan fingerprint density at radius 3 is 2.32 bits per heavy atom. The molecule has 0 bridgehead atoms. The number of rotatable bonds is 3. The average molecular weight is 396 g/mol. The Hall–Kier alpha value is -2.71. The number of piperidine rings is 1. The molecule has 2 saturated heterocycles. The molecule has 0 saturated carbocycles. The molecule has 7 nitrogen and oxygen atoms in total. The molecule has 152 valence electrons. The minimum atomic E-state index is -1.06. The Labute approximate surface area is 161 Å². The van der Waals surface area contributed by atoms with Crippen molar-refractivity contribution in [2.75, 3.05) is 13.1 Å². The van der Waals surface area contributed by atoms with Gasteiger partial charge in [0.25, 0.3) is 0 Å². The van der Waals surface area contributed by atoms with Gasteiger partial charge >= 0.3 is 6.09 Å². The summed E-state index contributed by atoms with van der Waals surface area (Å²) in [6.45, 7) is 5.76. The zero-order valence-corrected chi connectivity index (χ0v) is 15.9. The molecule has 2 aliphatic heterocycles. The Morgan fingerprint density at radius 2 is 1.79 bits per heavy atom. The van der Waals surface area contributed by atoms with Gasteiger partial charge in [0.15, 0.2) is 0 Å². The highest BCUT2D eigenvalue weighted by Gasteiger charge is 2.36. The van der Waals surface area contributed by atoms with Gasteiger partial charge in [-0.1, -0.05) is 0 Å². The van der Waals surface area contributed by atoms with E-state index in [1.165, 1.54) is 4.90 Å². The number of likely N-dealkylation sites (tertiary alicyclic amines) is 1. The number of imide groups is 1. The van der Waals surface area contributed by atoms with Crippen LogP contribution in [0.1, 0.15) is 45.1 Å². The lowest BCUT2D eigenvalue weighted by molar-refractivity contribution is -0.134. The number of carbonyl (C=O) groups excluding carboxylic acids is 3. The topological polar surface area (TPSA) is 84.9 Å². The smallest absolute Gasteiger partial charge is 0.410 e. The third-order valence-corrected chi connectivity index (χ3v) is 4.44.